The number of aryl methyl sites for hydroxylation is 2. The SMILES string of the molecule is CCCCNC(=O)[C@@H](C)N(Cc1ccccc1C)C(=O)CCc1ccc(OC)c(OC)c1. The molecule has 0 fully saturated rings. The lowest BCUT2D eigenvalue weighted by Gasteiger charge is -2.29. The van der Waals surface area contributed by atoms with E-state index in [2.05, 4.69) is 12.2 Å². The van der Waals surface area contributed by atoms with Gasteiger partial charge in [0.05, 0.1) is 14.2 Å². The number of nitrogens with one attached hydrogen (secondary N) is 1. The fraction of sp³-hybridized carbons (Fsp3) is 0.462. The minimum Gasteiger partial charge on any atom is -0.493 e. The Morgan fingerprint density at radius 1 is 1.06 bits per heavy atom. The second-order valence-electron chi connectivity index (χ2n) is 7.96. The van der Waals surface area contributed by atoms with Crippen LogP contribution in [0.15, 0.2) is 42.5 Å². The molecule has 0 aliphatic carbocycles. The molecule has 2 aromatic carbocycles. The molecule has 2 aromatic rings. The fourth-order valence-electron chi connectivity index (χ4n) is 3.52. The zero-order valence-electron chi connectivity index (χ0n) is 19.9. The van der Waals surface area contributed by atoms with Crippen LogP contribution in [0.1, 0.15) is 49.8 Å². The van der Waals surface area contributed by atoms with Gasteiger partial charge in [0, 0.05) is 19.5 Å². The van der Waals surface area contributed by atoms with Crippen molar-refractivity contribution in [2.45, 2.75) is 59.0 Å². The van der Waals surface area contributed by atoms with E-state index in [1.807, 2.05) is 49.4 Å². The van der Waals surface area contributed by atoms with Crippen LogP contribution in [-0.4, -0.2) is 43.5 Å². The van der Waals surface area contributed by atoms with Gasteiger partial charge in [-0.3, -0.25) is 9.59 Å². The van der Waals surface area contributed by atoms with E-state index >= 15 is 0 Å². The molecule has 6 nitrogen and oxygen atoms in total. The monoisotopic (exact) mass is 440 g/mol. The number of amides is 2. The van der Waals surface area contributed by atoms with E-state index in [4.69, 9.17) is 9.47 Å². The third kappa shape index (κ3) is 7.01. The Kier molecular flexibility index (Phi) is 10.1. The first-order valence-corrected chi connectivity index (χ1v) is 11.2. The first-order valence-electron chi connectivity index (χ1n) is 11.2. The number of rotatable bonds is 12. The van der Waals surface area contributed by atoms with Crippen LogP contribution < -0.4 is 14.8 Å². The molecule has 6 heteroatoms. The molecule has 0 saturated carbocycles. The Morgan fingerprint density at radius 2 is 1.78 bits per heavy atom. The third-order valence-corrected chi connectivity index (χ3v) is 5.67. The van der Waals surface area contributed by atoms with Crippen molar-refractivity contribution in [1.29, 1.82) is 0 Å². The Balaban J connectivity index is 2.15. The van der Waals surface area contributed by atoms with Gasteiger partial charge in [0.1, 0.15) is 6.04 Å². The number of nitrogens with zero attached hydrogens (tertiary/aromatic N) is 1. The maximum atomic E-state index is 13.3. The number of hydrogen-bond acceptors (Lipinski definition) is 4. The molecule has 0 bridgehead atoms. The highest BCUT2D eigenvalue weighted by atomic mass is 16.5. The van der Waals surface area contributed by atoms with Crippen molar-refractivity contribution < 1.29 is 19.1 Å². The van der Waals surface area contributed by atoms with Crippen LogP contribution in [0.2, 0.25) is 0 Å². The Labute approximate surface area is 191 Å². The quantitative estimate of drug-likeness (QED) is 0.500. The summed E-state index contributed by atoms with van der Waals surface area (Å²) < 4.78 is 10.7. The van der Waals surface area contributed by atoms with E-state index in [1.54, 1.807) is 26.0 Å². The predicted octanol–water partition coefficient (Wildman–Crippen LogP) is 4.28. The van der Waals surface area contributed by atoms with Crippen LogP contribution in [0.3, 0.4) is 0 Å². The summed E-state index contributed by atoms with van der Waals surface area (Å²) in [7, 11) is 3.19. The summed E-state index contributed by atoms with van der Waals surface area (Å²) in [6, 6.07) is 13.1. The lowest BCUT2D eigenvalue weighted by atomic mass is 10.1. The normalized spacial score (nSPS) is 11.5. The topological polar surface area (TPSA) is 67.9 Å². The minimum atomic E-state index is -0.552. The fourth-order valence-corrected chi connectivity index (χ4v) is 3.52. The van der Waals surface area contributed by atoms with Gasteiger partial charge in [-0.15, -0.1) is 0 Å². The number of methoxy groups -OCH3 is 2. The lowest BCUT2D eigenvalue weighted by Crippen LogP contribution is -2.48. The Bertz CT molecular complexity index is 897. The molecule has 2 rings (SSSR count). The van der Waals surface area contributed by atoms with Crippen molar-refractivity contribution in [3.8, 4) is 11.5 Å². The van der Waals surface area contributed by atoms with Crippen LogP contribution >= 0.6 is 0 Å². The predicted molar refractivity (Wildman–Crippen MR) is 127 cm³/mol. The Hall–Kier alpha value is -3.02. The van der Waals surface area contributed by atoms with Gasteiger partial charge in [-0.1, -0.05) is 43.7 Å². The van der Waals surface area contributed by atoms with Gasteiger partial charge in [0.15, 0.2) is 11.5 Å². The maximum Gasteiger partial charge on any atom is 0.242 e. The lowest BCUT2D eigenvalue weighted by molar-refractivity contribution is -0.140. The maximum absolute atomic E-state index is 13.3. The van der Waals surface area contributed by atoms with Gasteiger partial charge in [-0.25, -0.2) is 0 Å². The zero-order chi connectivity index (χ0) is 23.5. The van der Waals surface area contributed by atoms with Crippen molar-refractivity contribution in [3.63, 3.8) is 0 Å². The van der Waals surface area contributed by atoms with Gasteiger partial charge in [0.25, 0.3) is 0 Å². The molecule has 0 heterocycles. The molecule has 32 heavy (non-hydrogen) atoms. The molecule has 1 N–H and O–H groups in total. The second kappa shape index (κ2) is 12.7. The van der Waals surface area contributed by atoms with Crippen molar-refractivity contribution >= 4 is 11.8 Å². The first-order chi connectivity index (χ1) is 15.4. The smallest absolute Gasteiger partial charge is 0.242 e. The van der Waals surface area contributed by atoms with Gasteiger partial charge in [-0.05, 0) is 55.5 Å². The number of ether oxygens (including phenoxy) is 2. The van der Waals surface area contributed by atoms with Crippen molar-refractivity contribution in [1.82, 2.24) is 10.2 Å². The molecule has 0 aliphatic rings. The van der Waals surface area contributed by atoms with E-state index < -0.39 is 6.04 Å². The summed E-state index contributed by atoms with van der Waals surface area (Å²) >= 11 is 0. The van der Waals surface area contributed by atoms with Gasteiger partial charge in [-0.2, -0.15) is 0 Å². The van der Waals surface area contributed by atoms with Crippen LogP contribution in [-0.2, 0) is 22.6 Å². The number of hydrogen-bond donors (Lipinski definition) is 1. The third-order valence-electron chi connectivity index (χ3n) is 5.67. The van der Waals surface area contributed by atoms with Crippen LogP contribution in [0, 0.1) is 6.92 Å². The average molecular weight is 441 g/mol. The summed E-state index contributed by atoms with van der Waals surface area (Å²) in [4.78, 5) is 27.7. The largest absolute Gasteiger partial charge is 0.493 e. The van der Waals surface area contributed by atoms with Crippen molar-refractivity contribution in [2.24, 2.45) is 0 Å². The standard InChI is InChI=1S/C26H36N2O4/c1-6-7-16-27-26(30)20(3)28(18-22-11-9-8-10-19(22)2)25(29)15-13-21-12-14-23(31-4)24(17-21)32-5/h8-12,14,17,20H,6-7,13,15-16,18H2,1-5H3,(H,27,30)/t20-/m1/s1. The number of benzene rings is 2. The molecule has 0 saturated heterocycles. The van der Waals surface area contributed by atoms with Gasteiger partial charge >= 0.3 is 0 Å². The molecule has 0 spiro atoms. The highest BCUT2D eigenvalue weighted by molar-refractivity contribution is 5.87. The summed E-state index contributed by atoms with van der Waals surface area (Å²) in [5.41, 5.74) is 3.12. The molecule has 0 aliphatic heterocycles. The van der Waals surface area contributed by atoms with Gasteiger partial charge < -0.3 is 19.7 Å². The summed E-state index contributed by atoms with van der Waals surface area (Å²) in [6.45, 7) is 6.93. The van der Waals surface area contributed by atoms with Crippen LogP contribution in [0.5, 0.6) is 11.5 Å². The van der Waals surface area contributed by atoms with E-state index in [-0.39, 0.29) is 11.8 Å². The molecule has 2 amide bonds. The molecular weight excluding hydrogens is 404 g/mol. The Morgan fingerprint density at radius 3 is 2.44 bits per heavy atom. The molecular formula is C26H36N2O4. The van der Waals surface area contributed by atoms with Crippen molar-refractivity contribution in [2.75, 3.05) is 20.8 Å². The zero-order valence-corrected chi connectivity index (χ0v) is 19.9. The highest BCUT2D eigenvalue weighted by Crippen LogP contribution is 2.28. The molecule has 1 atom stereocenters. The van der Waals surface area contributed by atoms with Gasteiger partial charge in [0.2, 0.25) is 11.8 Å². The molecule has 174 valence electrons. The van der Waals surface area contributed by atoms with Crippen LogP contribution in [0.4, 0.5) is 0 Å². The molecule has 0 aromatic heterocycles. The number of unbranched alkanes of at least 4 members (excludes halogenated alkanes) is 1. The van der Waals surface area contributed by atoms with E-state index in [1.165, 1.54) is 0 Å². The summed E-state index contributed by atoms with van der Waals surface area (Å²) in [5.74, 6) is 1.12. The summed E-state index contributed by atoms with van der Waals surface area (Å²) in [5, 5.41) is 2.96. The van der Waals surface area contributed by atoms with E-state index in [0.717, 1.165) is 29.5 Å². The summed E-state index contributed by atoms with van der Waals surface area (Å²) in [6.07, 6.45) is 2.77. The molecule has 0 radical (unpaired) electrons. The molecule has 0 unspecified atom stereocenters. The first kappa shape index (κ1) is 25.2. The van der Waals surface area contributed by atoms with Crippen LogP contribution in [0.25, 0.3) is 0 Å². The minimum absolute atomic E-state index is 0.0545. The van der Waals surface area contributed by atoms with E-state index in [0.29, 0.717) is 37.4 Å². The van der Waals surface area contributed by atoms with E-state index in [9.17, 15) is 9.59 Å². The average Bonchev–Trinajstić information content (AvgIpc) is 2.81. The second-order valence-corrected chi connectivity index (χ2v) is 7.96. The van der Waals surface area contributed by atoms with Crippen molar-refractivity contribution in [3.05, 3.63) is 59.2 Å². The highest BCUT2D eigenvalue weighted by Gasteiger charge is 2.26. The number of carbonyl (C=O) groups excluding carboxylic acids is 2. The number of carbonyl (C=O) groups is 2.